The molecule has 0 bridgehead atoms. The highest BCUT2D eigenvalue weighted by Crippen LogP contribution is 2.24. The van der Waals surface area contributed by atoms with Crippen LogP contribution in [-0.4, -0.2) is 46.4 Å². The van der Waals surface area contributed by atoms with Gasteiger partial charge in [0, 0.05) is 19.5 Å². The third kappa shape index (κ3) is 2.78. The highest BCUT2D eigenvalue weighted by Gasteiger charge is 2.29. The van der Waals surface area contributed by atoms with Crippen LogP contribution in [-0.2, 0) is 4.79 Å². The maximum Gasteiger partial charge on any atom is 0.267 e. The lowest BCUT2D eigenvalue weighted by Crippen LogP contribution is -2.33. The molecule has 19 heavy (non-hydrogen) atoms. The van der Waals surface area contributed by atoms with E-state index >= 15 is 0 Å². The van der Waals surface area contributed by atoms with E-state index in [1.807, 2.05) is 20.8 Å². The number of hydrogen-bond acceptors (Lipinski definition) is 4. The average molecular weight is 281 g/mol. The average Bonchev–Trinajstić information content (AvgIpc) is 3.05. The molecule has 0 unspecified atom stereocenters. The summed E-state index contributed by atoms with van der Waals surface area (Å²) in [6.07, 6.45) is 0.486. The molecule has 0 saturated carbocycles. The minimum atomic E-state index is -0.00222. The predicted octanol–water partition coefficient (Wildman–Crippen LogP) is 1.92. The topological polar surface area (TPSA) is 53.5 Å². The fraction of sp³-hybridized carbons (Fsp3) is 0.615. The Hall–Kier alpha value is -1.43. The summed E-state index contributed by atoms with van der Waals surface area (Å²) in [5.74, 6) is 0.336. The molecular formula is C13H19N3O2S. The second kappa shape index (κ2) is 5.69. The van der Waals surface area contributed by atoms with Gasteiger partial charge in [0.25, 0.3) is 5.91 Å². The zero-order valence-corrected chi connectivity index (χ0v) is 12.4. The molecule has 0 radical (unpaired) electrons. The van der Waals surface area contributed by atoms with Crippen LogP contribution in [0.5, 0.6) is 0 Å². The van der Waals surface area contributed by atoms with E-state index in [1.54, 1.807) is 15.3 Å². The second-order valence-electron chi connectivity index (χ2n) is 4.94. The zero-order valence-electron chi connectivity index (χ0n) is 11.5. The van der Waals surface area contributed by atoms with E-state index < -0.39 is 0 Å². The van der Waals surface area contributed by atoms with E-state index in [9.17, 15) is 9.59 Å². The van der Waals surface area contributed by atoms with Gasteiger partial charge in [-0.2, -0.15) is 0 Å². The highest BCUT2D eigenvalue weighted by molar-refractivity contribution is 7.11. The highest BCUT2D eigenvalue weighted by atomic mass is 32.1. The molecule has 6 heteroatoms. The Morgan fingerprint density at radius 3 is 2.68 bits per heavy atom. The maximum absolute atomic E-state index is 12.4. The van der Waals surface area contributed by atoms with E-state index in [1.165, 1.54) is 11.3 Å². The van der Waals surface area contributed by atoms with Crippen molar-refractivity contribution in [2.75, 3.05) is 19.8 Å². The molecule has 1 aromatic heterocycles. The molecule has 1 fully saturated rings. The number of carbonyl (C=O) groups excluding carboxylic acids is 2. The van der Waals surface area contributed by atoms with Gasteiger partial charge in [-0.1, -0.05) is 20.8 Å². The number of aromatic nitrogens is 1. The van der Waals surface area contributed by atoms with Crippen molar-refractivity contribution in [2.45, 2.75) is 33.1 Å². The van der Waals surface area contributed by atoms with Crippen LogP contribution in [0, 0.1) is 0 Å². The Bertz CT molecular complexity index is 484. The molecule has 2 amide bonds. The van der Waals surface area contributed by atoms with E-state index in [-0.39, 0.29) is 17.7 Å². The van der Waals surface area contributed by atoms with Crippen LogP contribution in [0.1, 0.15) is 48.5 Å². The molecule has 0 N–H and O–H groups in total. The lowest BCUT2D eigenvalue weighted by molar-refractivity contribution is -0.130. The molecule has 0 atom stereocenters. The van der Waals surface area contributed by atoms with Crippen molar-refractivity contribution in [2.24, 2.45) is 0 Å². The fourth-order valence-corrected chi connectivity index (χ4v) is 3.06. The molecular weight excluding hydrogens is 262 g/mol. The monoisotopic (exact) mass is 281 g/mol. The molecule has 0 aromatic carbocycles. The molecule has 2 rings (SSSR count). The van der Waals surface area contributed by atoms with Gasteiger partial charge in [-0.15, -0.1) is 11.3 Å². The van der Waals surface area contributed by atoms with Gasteiger partial charge in [-0.05, 0) is 5.92 Å². The van der Waals surface area contributed by atoms with Gasteiger partial charge >= 0.3 is 0 Å². The SMILES string of the molecule is CCC(=O)N1CCN(C(=O)c2scnc2C(C)C)C1. The minimum absolute atomic E-state index is 0.00222. The smallest absolute Gasteiger partial charge is 0.267 e. The van der Waals surface area contributed by atoms with Gasteiger partial charge in [0.2, 0.25) is 5.91 Å². The summed E-state index contributed by atoms with van der Waals surface area (Å²) in [4.78, 5) is 32.5. The summed E-state index contributed by atoms with van der Waals surface area (Å²) in [6.45, 7) is 7.55. The number of rotatable bonds is 3. The Morgan fingerprint density at radius 1 is 1.37 bits per heavy atom. The first-order chi connectivity index (χ1) is 9.04. The Kier molecular flexibility index (Phi) is 4.19. The van der Waals surface area contributed by atoms with Gasteiger partial charge in [-0.3, -0.25) is 9.59 Å². The van der Waals surface area contributed by atoms with E-state index in [2.05, 4.69) is 4.98 Å². The molecule has 104 valence electrons. The van der Waals surface area contributed by atoms with Crippen LogP contribution < -0.4 is 0 Å². The van der Waals surface area contributed by atoms with Gasteiger partial charge < -0.3 is 9.80 Å². The first-order valence-electron chi connectivity index (χ1n) is 6.55. The predicted molar refractivity (Wildman–Crippen MR) is 74.1 cm³/mol. The Labute approximate surface area is 117 Å². The Morgan fingerprint density at radius 2 is 2.05 bits per heavy atom. The molecule has 0 spiro atoms. The molecule has 0 aliphatic carbocycles. The first kappa shape index (κ1) is 14.0. The Balaban J connectivity index is 2.09. The van der Waals surface area contributed by atoms with Gasteiger partial charge in [-0.25, -0.2) is 4.98 Å². The van der Waals surface area contributed by atoms with Crippen molar-refractivity contribution in [3.05, 3.63) is 16.1 Å². The molecule has 2 heterocycles. The second-order valence-corrected chi connectivity index (χ2v) is 5.80. The minimum Gasteiger partial charge on any atom is -0.323 e. The van der Waals surface area contributed by atoms with Crippen molar-refractivity contribution in [3.8, 4) is 0 Å². The van der Waals surface area contributed by atoms with Gasteiger partial charge in [0.05, 0.1) is 17.9 Å². The molecule has 5 nitrogen and oxygen atoms in total. The molecule has 1 aliphatic heterocycles. The summed E-state index contributed by atoms with van der Waals surface area (Å²) in [5.41, 5.74) is 2.57. The number of hydrogen-bond donors (Lipinski definition) is 0. The van der Waals surface area contributed by atoms with Crippen molar-refractivity contribution >= 4 is 23.2 Å². The van der Waals surface area contributed by atoms with Crippen LogP contribution in [0.2, 0.25) is 0 Å². The summed E-state index contributed by atoms with van der Waals surface area (Å²) in [5, 5.41) is 0. The first-order valence-corrected chi connectivity index (χ1v) is 7.43. The summed E-state index contributed by atoms with van der Waals surface area (Å²) >= 11 is 1.38. The molecule has 1 saturated heterocycles. The summed E-state index contributed by atoms with van der Waals surface area (Å²) in [7, 11) is 0. The van der Waals surface area contributed by atoms with E-state index in [4.69, 9.17) is 0 Å². The number of amides is 2. The largest absolute Gasteiger partial charge is 0.323 e. The van der Waals surface area contributed by atoms with Gasteiger partial charge in [0.15, 0.2) is 0 Å². The van der Waals surface area contributed by atoms with E-state index in [0.717, 1.165) is 5.69 Å². The lowest BCUT2D eigenvalue weighted by atomic mass is 10.1. The zero-order chi connectivity index (χ0) is 14.0. The number of nitrogens with zero attached hydrogens (tertiary/aromatic N) is 3. The van der Waals surface area contributed by atoms with Crippen LogP contribution in [0.4, 0.5) is 0 Å². The standard InChI is InChI=1S/C13H19N3O2S/c1-4-10(17)15-5-6-16(8-15)13(18)12-11(9(2)3)14-7-19-12/h7,9H,4-6,8H2,1-3H3. The lowest BCUT2D eigenvalue weighted by Gasteiger charge is -2.18. The molecule has 1 aliphatic rings. The summed E-state index contributed by atoms with van der Waals surface area (Å²) in [6, 6.07) is 0. The number of thiazole rings is 1. The van der Waals surface area contributed by atoms with Crippen LogP contribution in [0.25, 0.3) is 0 Å². The van der Waals surface area contributed by atoms with Crippen molar-refractivity contribution in [1.29, 1.82) is 0 Å². The summed E-state index contributed by atoms with van der Waals surface area (Å²) < 4.78 is 0. The quantitative estimate of drug-likeness (QED) is 0.850. The number of carbonyl (C=O) groups is 2. The van der Waals surface area contributed by atoms with Crippen LogP contribution >= 0.6 is 11.3 Å². The maximum atomic E-state index is 12.4. The van der Waals surface area contributed by atoms with Crippen molar-refractivity contribution < 1.29 is 9.59 Å². The third-order valence-corrected chi connectivity index (χ3v) is 4.09. The van der Waals surface area contributed by atoms with Gasteiger partial charge in [0.1, 0.15) is 4.88 Å². The fourth-order valence-electron chi connectivity index (χ4n) is 2.15. The van der Waals surface area contributed by atoms with E-state index in [0.29, 0.717) is 31.1 Å². The normalized spacial score (nSPS) is 15.4. The molecule has 1 aromatic rings. The van der Waals surface area contributed by atoms with Crippen molar-refractivity contribution in [3.63, 3.8) is 0 Å². The van der Waals surface area contributed by atoms with Crippen LogP contribution in [0.15, 0.2) is 5.51 Å². The third-order valence-electron chi connectivity index (χ3n) is 3.26. The van der Waals surface area contributed by atoms with Crippen molar-refractivity contribution in [1.82, 2.24) is 14.8 Å². The van der Waals surface area contributed by atoms with Crippen LogP contribution in [0.3, 0.4) is 0 Å².